The lowest BCUT2D eigenvalue weighted by molar-refractivity contribution is -0.384. The van der Waals surface area contributed by atoms with Crippen LogP contribution < -0.4 is 5.32 Å². The number of nitro groups is 1. The minimum absolute atomic E-state index is 0.0471. The molecular formula is C19H15FN2O3S. The summed E-state index contributed by atoms with van der Waals surface area (Å²) in [5, 5.41) is 23.5. The lowest BCUT2D eigenvalue weighted by Crippen LogP contribution is -2.01. The van der Waals surface area contributed by atoms with Gasteiger partial charge in [0.2, 0.25) is 0 Å². The van der Waals surface area contributed by atoms with E-state index in [4.69, 9.17) is 0 Å². The summed E-state index contributed by atoms with van der Waals surface area (Å²) in [6.45, 7) is 0.396. The van der Waals surface area contributed by atoms with Gasteiger partial charge >= 0.3 is 0 Å². The molecule has 3 rings (SSSR count). The number of nitrogens with zero attached hydrogens (tertiary/aromatic N) is 1. The van der Waals surface area contributed by atoms with Gasteiger partial charge in [-0.1, -0.05) is 36.0 Å². The maximum absolute atomic E-state index is 13.4. The second-order valence-corrected chi connectivity index (χ2v) is 6.57. The first kappa shape index (κ1) is 17.8. The van der Waals surface area contributed by atoms with Crippen molar-refractivity contribution in [2.75, 3.05) is 5.32 Å². The van der Waals surface area contributed by atoms with Crippen molar-refractivity contribution in [3.8, 4) is 5.75 Å². The number of halogens is 1. The molecule has 0 amide bonds. The van der Waals surface area contributed by atoms with Gasteiger partial charge in [-0.15, -0.1) is 0 Å². The number of benzene rings is 3. The van der Waals surface area contributed by atoms with Crippen LogP contribution in [0.5, 0.6) is 5.75 Å². The van der Waals surface area contributed by atoms with Gasteiger partial charge in [0.25, 0.3) is 5.69 Å². The Labute approximate surface area is 153 Å². The van der Waals surface area contributed by atoms with Crippen molar-refractivity contribution in [2.24, 2.45) is 0 Å². The van der Waals surface area contributed by atoms with Gasteiger partial charge in [-0.05, 0) is 35.9 Å². The zero-order valence-electron chi connectivity index (χ0n) is 13.6. The van der Waals surface area contributed by atoms with E-state index >= 15 is 0 Å². The maximum Gasteiger partial charge on any atom is 0.269 e. The molecule has 0 radical (unpaired) electrons. The first-order valence-electron chi connectivity index (χ1n) is 7.76. The molecule has 0 aliphatic carbocycles. The number of nitro benzene ring substituents is 1. The first-order chi connectivity index (χ1) is 12.5. The SMILES string of the molecule is O=[N+]([O-])c1ccc(Sc2ccccc2CNc2cccc(F)c2O)cc1. The van der Waals surface area contributed by atoms with Gasteiger partial charge in [0.1, 0.15) is 0 Å². The molecule has 3 aromatic rings. The average Bonchev–Trinajstić information content (AvgIpc) is 2.64. The smallest absolute Gasteiger partial charge is 0.269 e. The van der Waals surface area contributed by atoms with Gasteiger partial charge in [-0.3, -0.25) is 10.1 Å². The molecule has 3 aromatic carbocycles. The molecule has 0 aromatic heterocycles. The number of hydrogen-bond donors (Lipinski definition) is 2. The van der Waals surface area contributed by atoms with E-state index in [2.05, 4.69) is 5.32 Å². The minimum Gasteiger partial charge on any atom is -0.503 e. The van der Waals surface area contributed by atoms with Crippen LogP contribution in [-0.2, 0) is 6.54 Å². The molecule has 0 fully saturated rings. The van der Waals surface area contributed by atoms with Crippen LogP contribution in [-0.4, -0.2) is 10.0 Å². The van der Waals surface area contributed by atoms with E-state index in [9.17, 15) is 19.6 Å². The number of phenolic OH excluding ortho intramolecular Hbond substituents is 1. The van der Waals surface area contributed by atoms with E-state index in [1.165, 1.54) is 36.0 Å². The lowest BCUT2D eigenvalue weighted by Gasteiger charge is -2.12. The monoisotopic (exact) mass is 370 g/mol. The van der Waals surface area contributed by atoms with E-state index in [1.807, 2.05) is 24.3 Å². The Morgan fingerprint density at radius 1 is 1.04 bits per heavy atom. The van der Waals surface area contributed by atoms with Gasteiger partial charge in [-0.2, -0.15) is 0 Å². The second kappa shape index (κ2) is 7.88. The fourth-order valence-corrected chi connectivity index (χ4v) is 3.30. The second-order valence-electron chi connectivity index (χ2n) is 5.45. The van der Waals surface area contributed by atoms with Gasteiger partial charge in [-0.25, -0.2) is 4.39 Å². The van der Waals surface area contributed by atoms with Crippen LogP contribution in [0.3, 0.4) is 0 Å². The van der Waals surface area contributed by atoms with Crippen molar-refractivity contribution in [2.45, 2.75) is 16.3 Å². The number of anilines is 1. The third-order valence-corrected chi connectivity index (χ3v) is 4.83. The molecule has 7 heteroatoms. The zero-order chi connectivity index (χ0) is 18.5. The maximum atomic E-state index is 13.4. The Balaban J connectivity index is 1.75. The highest BCUT2D eigenvalue weighted by Gasteiger charge is 2.09. The lowest BCUT2D eigenvalue weighted by atomic mass is 10.2. The van der Waals surface area contributed by atoms with Crippen molar-refractivity contribution < 1.29 is 14.4 Å². The molecule has 0 saturated heterocycles. The highest BCUT2D eigenvalue weighted by Crippen LogP contribution is 2.32. The Bertz CT molecular complexity index is 932. The number of nitrogens with one attached hydrogen (secondary N) is 1. The predicted molar refractivity (Wildman–Crippen MR) is 99.1 cm³/mol. The quantitative estimate of drug-likeness (QED) is 0.354. The highest BCUT2D eigenvalue weighted by atomic mass is 32.2. The summed E-state index contributed by atoms with van der Waals surface area (Å²) >= 11 is 1.48. The number of rotatable bonds is 6. The van der Waals surface area contributed by atoms with Gasteiger partial charge in [0.05, 0.1) is 10.6 Å². The Hall–Kier alpha value is -3.06. The van der Waals surface area contributed by atoms with Crippen LogP contribution in [0.1, 0.15) is 5.56 Å². The number of hydrogen-bond acceptors (Lipinski definition) is 5. The van der Waals surface area contributed by atoms with Crippen LogP contribution in [0.15, 0.2) is 76.5 Å². The summed E-state index contributed by atoms with van der Waals surface area (Å²) in [4.78, 5) is 12.1. The molecule has 2 N–H and O–H groups in total. The number of aromatic hydroxyl groups is 1. The van der Waals surface area contributed by atoms with Crippen LogP contribution in [0, 0.1) is 15.9 Å². The molecule has 0 bridgehead atoms. The summed E-state index contributed by atoms with van der Waals surface area (Å²) < 4.78 is 13.4. The fraction of sp³-hybridized carbons (Fsp3) is 0.0526. The van der Waals surface area contributed by atoms with Gasteiger partial charge in [0.15, 0.2) is 11.6 Å². The Morgan fingerprint density at radius 2 is 1.77 bits per heavy atom. The molecule has 5 nitrogen and oxygen atoms in total. The van der Waals surface area contributed by atoms with Crippen LogP contribution >= 0.6 is 11.8 Å². The zero-order valence-corrected chi connectivity index (χ0v) is 14.4. The molecule has 0 atom stereocenters. The van der Waals surface area contributed by atoms with E-state index < -0.39 is 16.5 Å². The third-order valence-electron chi connectivity index (χ3n) is 3.70. The average molecular weight is 370 g/mol. The largest absolute Gasteiger partial charge is 0.503 e. The van der Waals surface area contributed by atoms with Crippen molar-refractivity contribution in [1.82, 2.24) is 0 Å². The molecular weight excluding hydrogens is 355 g/mol. The van der Waals surface area contributed by atoms with E-state index in [1.54, 1.807) is 18.2 Å². The minimum atomic E-state index is -0.677. The number of non-ortho nitro benzene ring substituents is 1. The molecule has 26 heavy (non-hydrogen) atoms. The highest BCUT2D eigenvalue weighted by molar-refractivity contribution is 7.99. The van der Waals surface area contributed by atoms with Gasteiger partial charge < -0.3 is 10.4 Å². The summed E-state index contributed by atoms with van der Waals surface area (Å²) in [6, 6.07) is 18.3. The summed E-state index contributed by atoms with van der Waals surface area (Å²) in [5.41, 5.74) is 1.32. The van der Waals surface area contributed by atoms with Crippen LogP contribution in [0.25, 0.3) is 0 Å². The number of para-hydroxylation sites is 1. The molecule has 0 unspecified atom stereocenters. The van der Waals surface area contributed by atoms with Crippen LogP contribution in [0.4, 0.5) is 15.8 Å². The topological polar surface area (TPSA) is 75.4 Å². The Morgan fingerprint density at radius 3 is 2.50 bits per heavy atom. The fourth-order valence-electron chi connectivity index (χ4n) is 2.36. The number of phenols is 1. The van der Waals surface area contributed by atoms with E-state index in [0.717, 1.165) is 15.4 Å². The van der Waals surface area contributed by atoms with Crippen molar-refractivity contribution in [3.63, 3.8) is 0 Å². The molecule has 0 aliphatic heterocycles. The summed E-state index contributed by atoms with van der Waals surface area (Å²) in [7, 11) is 0. The van der Waals surface area contributed by atoms with Gasteiger partial charge in [0, 0.05) is 28.5 Å². The summed E-state index contributed by atoms with van der Waals surface area (Å²) in [5.74, 6) is -1.09. The first-order valence-corrected chi connectivity index (χ1v) is 8.58. The normalized spacial score (nSPS) is 10.5. The predicted octanol–water partition coefficient (Wildman–Crippen LogP) is 5.20. The van der Waals surface area contributed by atoms with Crippen molar-refractivity contribution in [3.05, 3.63) is 88.2 Å². The molecule has 132 valence electrons. The van der Waals surface area contributed by atoms with E-state index in [0.29, 0.717) is 12.2 Å². The molecule has 0 spiro atoms. The third kappa shape index (κ3) is 4.12. The van der Waals surface area contributed by atoms with Crippen LogP contribution in [0.2, 0.25) is 0 Å². The molecule has 0 heterocycles. The molecule has 0 aliphatic rings. The summed E-state index contributed by atoms with van der Waals surface area (Å²) in [6.07, 6.45) is 0. The van der Waals surface area contributed by atoms with Crippen molar-refractivity contribution >= 4 is 23.1 Å². The molecule has 0 saturated carbocycles. The Kier molecular flexibility index (Phi) is 5.38. The van der Waals surface area contributed by atoms with Crippen molar-refractivity contribution in [1.29, 1.82) is 0 Å². The standard InChI is InChI=1S/C19H15FN2O3S/c20-16-5-3-6-17(19(16)23)21-12-13-4-1-2-7-18(13)26-15-10-8-14(9-11-15)22(24)25/h1-11,21,23H,12H2. The van der Waals surface area contributed by atoms with E-state index in [-0.39, 0.29) is 5.69 Å².